The summed E-state index contributed by atoms with van der Waals surface area (Å²) in [7, 11) is 3.74. The van der Waals surface area contributed by atoms with Gasteiger partial charge < -0.3 is 16.4 Å². The van der Waals surface area contributed by atoms with Crippen molar-refractivity contribution in [3.05, 3.63) is 41.7 Å². The van der Waals surface area contributed by atoms with E-state index in [1.54, 1.807) is 11.0 Å². The number of aliphatic imine (C=N–C) groups is 1. The second-order valence-corrected chi connectivity index (χ2v) is 6.18. The number of nitrogens with two attached hydrogens (primary N) is 2. The predicted octanol–water partition coefficient (Wildman–Crippen LogP) is 3.94. The fourth-order valence-electron chi connectivity index (χ4n) is 2.31. The number of hydrogen-bond acceptors (Lipinski definition) is 3. The Kier molecular flexibility index (Phi) is 8.88. The van der Waals surface area contributed by atoms with Crippen LogP contribution in [0.5, 0.6) is 0 Å². The van der Waals surface area contributed by atoms with Gasteiger partial charge in [-0.05, 0) is 30.5 Å². The lowest BCUT2D eigenvalue weighted by Crippen LogP contribution is -2.21. The average molecular weight is 316 g/mol. The van der Waals surface area contributed by atoms with Crippen molar-refractivity contribution in [2.75, 3.05) is 14.1 Å². The number of hydrogen-bond donors (Lipinski definition) is 2. The molecule has 0 amide bonds. The highest BCUT2D eigenvalue weighted by atomic mass is 15.1. The summed E-state index contributed by atoms with van der Waals surface area (Å²) in [5, 5.41) is 0. The maximum absolute atomic E-state index is 5.89. The van der Waals surface area contributed by atoms with Gasteiger partial charge in [-0.25, -0.2) is 4.99 Å². The summed E-state index contributed by atoms with van der Waals surface area (Å²) in [6, 6.07) is 8.30. The van der Waals surface area contributed by atoms with Gasteiger partial charge in [-0.1, -0.05) is 51.2 Å². The molecular weight excluding hydrogens is 284 g/mol. The number of amidine groups is 1. The third kappa shape index (κ3) is 8.29. The minimum Gasteiger partial charge on any atom is -0.385 e. The molecular formula is C19H32N4. The highest BCUT2D eigenvalue weighted by Gasteiger charge is 1.98. The topological polar surface area (TPSA) is 67.6 Å². The van der Waals surface area contributed by atoms with Crippen molar-refractivity contribution < 1.29 is 0 Å². The molecule has 4 N–H and O–H groups in total. The number of unbranched alkanes of at least 4 members (excludes halogenated alkanes) is 5. The fourth-order valence-corrected chi connectivity index (χ4v) is 2.31. The highest BCUT2D eigenvalue weighted by Crippen LogP contribution is 2.15. The summed E-state index contributed by atoms with van der Waals surface area (Å²) in [6.07, 6.45) is 10.8. The molecule has 1 aromatic rings. The summed E-state index contributed by atoms with van der Waals surface area (Å²) in [4.78, 5) is 6.16. The van der Waals surface area contributed by atoms with Crippen LogP contribution in [0, 0.1) is 0 Å². The van der Waals surface area contributed by atoms with E-state index < -0.39 is 0 Å². The predicted molar refractivity (Wildman–Crippen MR) is 101 cm³/mol. The maximum Gasteiger partial charge on any atom is 0.127 e. The largest absolute Gasteiger partial charge is 0.385 e. The lowest BCUT2D eigenvalue weighted by molar-refractivity contribution is 0.506. The fraction of sp³-hybridized carbons (Fsp3) is 0.526. The Labute approximate surface area is 141 Å². The van der Waals surface area contributed by atoms with Gasteiger partial charge >= 0.3 is 0 Å². The molecule has 0 fully saturated rings. The summed E-state index contributed by atoms with van der Waals surface area (Å²) in [6.45, 7) is 2.25. The van der Waals surface area contributed by atoms with Gasteiger partial charge in [-0.3, -0.25) is 0 Å². The van der Waals surface area contributed by atoms with E-state index in [0.29, 0.717) is 11.7 Å². The Balaban J connectivity index is 2.45. The molecule has 0 aliphatic rings. The minimum absolute atomic E-state index is 0.417. The first-order valence-electron chi connectivity index (χ1n) is 8.60. The number of aryl methyl sites for hydroxylation is 1. The van der Waals surface area contributed by atoms with Crippen molar-refractivity contribution >= 4 is 11.5 Å². The molecule has 0 bridgehead atoms. The van der Waals surface area contributed by atoms with E-state index in [2.05, 4.69) is 24.0 Å². The van der Waals surface area contributed by atoms with Crippen molar-refractivity contribution in [2.24, 2.45) is 16.5 Å². The summed E-state index contributed by atoms with van der Waals surface area (Å²) < 4.78 is 0. The van der Waals surface area contributed by atoms with Gasteiger partial charge in [0.25, 0.3) is 0 Å². The van der Waals surface area contributed by atoms with Crippen molar-refractivity contribution in [1.82, 2.24) is 4.90 Å². The van der Waals surface area contributed by atoms with Gasteiger partial charge in [0.05, 0.1) is 5.69 Å². The molecule has 0 aromatic heterocycles. The molecule has 0 atom stereocenters. The Bertz CT molecular complexity index is 501. The maximum atomic E-state index is 5.89. The van der Waals surface area contributed by atoms with E-state index in [9.17, 15) is 0 Å². The van der Waals surface area contributed by atoms with Gasteiger partial charge in [0.15, 0.2) is 0 Å². The molecule has 0 spiro atoms. The molecule has 0 heterocycles. The third-order valence-corrected chi connectivity index (χ3v) is 3.83. The monoisotopic (exact) mass is 316 g/mol. The Morgan fingerprint density at radius 1 is 1.00 bits per heavy atom. The van der Waals surface area contributed by atoms with Crippen LogP contribution in [0.4, 0.5) is 5.69 Å². The average Bonchev–Trinajstić information content (AvgIpc) is 2.52. The zero-order valence-corrected chi connectivity index (χ0v) is 14.9. The van der Waals surface area contributed by atoms with E-state index in [-0.39, 0.29) is 0 Å². The first-order chi connectivity index (χ1) is 11.0. The molecule has 0 aliphatic carbocycles. The number of rotatable bonds is 10. The van der Waals surface area contributed by atoms with Gasteiger partial charge in [-0.15, -0.1) is 0 Å². The summed E-state index contributed by atoms with van der Waals surface area (Å²) >= 11 is 0. The van der Waals surface area contributed by atoms with Crippen LogP contribution < -0.4 is 11.5 Å². The van der Waals surface area contributed by atoms with Crippen LogP contribution in [-0.2, 0) is 6.42 Å². The van der Waals surface area contributed by atoms with Crippen LogP contribution in [0.25, 0.3) is 0 Å². The number of benzene rings is 1. The molecule has 1 rings (SSSR count). The molecule has 0 saturated heterocycles. The Hall–Kier alpha value is -1.97. The van der Waals surface area contributed by atoms with E-state index in [1.807, 2.05) is 26.2 Å². The standard InChI is InChI=1S/C19H32N4/c1-4-5-6-7-8-9-10-16-11-13-17(14-12-16)22-18(20)15-19(21)23(2)3/h11-15H,4-10,21H2,1-3H3,(H2,20,22). The molecule has 1 aromatic carbocycles. The van der Waals surface area contributed by atoms with Crippen molar-refractivity contribution in [2.45, 2.75) is 51.9 Å². The lowest BCUT2D eigenvalue weighted by Gasteiger charge is -2.11. The van der Waals surface area contributed by atoms with E-state index in [4.69, 9.17) is 11.5 Å². The lowest BCUT2D eigenvalue weighted by atomic mass is 10.0. The van der Waals surface area contributed by atoms with Crippen LogP contribution in [-0.4, -0.2) is 24.8 Å². The van der Waals surface area contributed by atoms with E-state index >= 15 is 0 Å². The van der Waals surface area contributed by atoms with Crippen LogP contribution in [0.1, 0.15) is 51.0 Å². The third-order valence-electron chi connectivity index (χ3n) is 3.83. The van der Waals surface area contributed by atoms with E-state index in [0.717, 1.165) is 12.1 Å². The van der Waals surface area contributed by atoms with Gasteiger partial charge in [0.1, 0.15) is 11.7 Å². The van der Waals surface area contributed by atoms with Crippen LogP contribution >= 0.6 is 0 Å². The Morgan fingerprint density at radius 2 is 1.61 bits per heavy atom. The molecule has 0 saturated carbocycles. The first-order valence-corrected chi connectivity index (χ1v) is 8.60. The number of nitrogens with zero attached hydrogens (tertiary/aromatic N) is 2. The molecule has 23 heavy (non-hydrogen) atoms. The molecule has 0 radical (unpaired) electrons. The second kappa shape index (κ2) is 10.7. The Morgan fingerprint density at radius 3 is 2.22 bits per heavy atom. The SMILES string of the molecule is CCCCCCCCc1ccc(N=C(N)C=C(N)N(C)C)cc1. The van der Waals surface area contributed by atoms with Crippen LogP contribution in [0.15, 0.2) is 41.2 Å². The normalized spacial score (nSPS) is 12.5. The first kappa shape index (κ1) is 19.1. The smallest absolute Gasteiger partial charge is 0.127 e. The molecule has 4 nitrogen and oxygen atoms in total. The zero-order valence-electron chi connectivity index (χ0n) is 14.9. The van der Waals surface area contributed by atoms with Crippen molar-refractivity contribution in [1.29, 1.82) is 0 Å². The molecule has 128 valence electrons. The van der Waals surface area contributed by atoms with Crippen molar-refractivity contribution in [3.63, 3.8) is 0 Å². The van der Waals surface area contributed by atoms with Crippen molar-refractivity contribution in [3.8, 4) is 0 Å². The van der Waals surface area contributed by atoms with Crippen LogP contribution in [0.3, 0.4) is 0 Å². The molecule has 0 aliphatic heterocycles. The van der Waals surface area contributed by atoms with Gasteiger partial charge in [0, 0.05) is 20.2 Å². The summed E-state index contributed by atoms with van der Waals surface area (Å²) in [5.41, 5.74) is 13.9. The molecule has 0 unspecified atom stereocenters. The van der Waals surface area contributed by atoms with E-state index in [1.165, 1.54) is 44.1 Å². The quantitative estimate of drug-likeness (QED) is 0.390. The minimum atomic E-state index is 0.417. The summed E-state index contributed by atoms with van der Waals surface area (Å²) in [5.74, 6) is 1.01. The zero-order chi connectivity index (χ0) is 17.1. The van der Waals surface area contributed by atoms with Gasteiger partial charge in [0.2, 0.25) is 0 Å². The van der Waals surface area contributed by atoms with Crippen LogP contribution in [0.2, 0.25) is 0 Å². The molecule has 4 heteroatoms. The highest BCUT2D eigenvalue weighted by molar-refractivity contribution is 5.93. The second-order valence-electron chi connectivity index (χ2n) is 6.18. The van der Waals surface area contributed by atoms with Gasteiger partial charge in [-0.2, -0.15) is 0 Å².